The van der Waals surface area contributed by atoms with E-state index < -0.39 is 0 Å². The van der Waals surface area contributed by atoms with Gasteiger partial charge >= 0.3 is 0 Å². The third-order valence-electron chi connectivity index (χ3n) is 2.42. The summed E-state index contributed by atoms with van der Waals surface area (Å²) in [6, 6.07) is 7.14. The summed E-state index contributed by atoms with van der Waals surface area (Å²) < 4.78 is 5.09. The fourth-order valence-electron chi connectivity index (χ4n) is 1.45. The highest BCUT2D eigenvalue weighted by atomic mass is 35.5. The number of carbonyl (C=O) groups excluding carboxylic acids is 1. The van der Waals surface area contributed by atoms with E-state index in [1.807, 2.05) is 12.1 Å². The van der Waals surface area contributed by atoms with Gasteiger partial charge in [-0.05, 0) is 24.3 Å². The smallest absolute Gasteiger partial charge is 0.233 e. The molecule has 0 aliphatic heterocycles. The molecule has 1 amide bonds. The molecule has 0 saturated heterocycles. The molecular formula is C12H13ClN4O2. The van der Waals surface area contributed by atoms with Crippen molar-refractivity contribution in [3.8, 4) is 11.4 Å². The Kier molecular flexibility index (Phi) is 4.48. The average Bonchev–Trinajstić information content (AvgIpc) is 2.88. The van der Waals surface area contributed by atoms with Crippen LogP contribution in [0, 0.1) is 0 Å². The van der Waals surface area contributed by atoms with E-state index in [0.717, 1.165) is 5.56 Å². The lowest BCUT2D eigenvalue weighted by atomic mass is 10.2. The predicted octanol–water partition coefficient (Wildman–Crippen LogP) is 1.01. The molecule has 0 saturated carbocycles. The number of hydrogen-bond acceptors (Lipinski definition) is 5. The number of hydrogen-bond donors (Lipinski definition) is 2. The molecule has 7 heteroatoms. The second-order valence-corrected chi connectivity index (χ2v) is 4.26. The van der Waals surface area contributed by atoms with Crippen LogP contribution in [0.5, 0.6) is 0 Å². The molecule has 1 aromatic heterocycles. The quantitative estimate of drug-likeness (QED) is 0.852. The molecule has 0 aliphatic rings. The largest absolute Gasteiger partial charge is 0.354 e. The maximum Gasteiger partial charge on any atom is 0.233 e. The lowest BCUT2D eigenvalue weighted by Gasteiger charge is -1.99. The molecule has 0 spiro atoms. The van der Waals surface area contributed by atoms with Crippen molar-refractivity contribution in [3.63, 3.8) is 0 Å². The standard InChI is InChI=1S/C12H13ClN4O2/c13-9-3-1-8(2-4-9)12-16-11(19-17-12)5-6-15-10(18)7-14/h1-4H,5-7,14H2,(H,15,18). The molecule has 19 heavy (non-hydrogen) atoms. The highest BCUT2D eigenvalue weighted by molar-refractivity contribution is 6.30. The minimum Gasteiger partial charge on any atom is -0.354 e. The summed E-state index contributed by atoms with van der Waals surface area (Å²) in [5, 5.41) is 7.15. The summed E-state index contributed by atoms with van der Waals surface area (Å²) in [6.45, 7) is 0.387. The van der Waals surface area contributed by atoms with Gasteiger partial charge < -0.3 is 15.6 Å². The lowest BCUT2D eigenvalue weighted by molar-refractivity contribution is -0.119. The van der Waals surface area contributed by atoms with Gasteiger partial charge in [0.05, 0.1) is 6.54 Å². The number of nitrogens with two attached hydrogens (primary N) is 1. The number of rotatable bonds is 5. The van der Waals surface area contributed by atoms with E-state index >= 15 is 0 Å². The molecule has 0 fully saturated rings. The minimum absolute atomic E-state index is 0.0279. The van der Waals surface area contributed by atoms with Crippen LogP contribution in [0.15, 0.2) is 28.8 Å². The summed E-state index contributed by atoms with van der Waals surface area (Å²) in [5.74, 6) is 0.747. The Morgan fingerprint density at radius 1 is 1.37 bits per heavy atom. The van der Waals surface area contributed by atoms with Gasteiger partial charge in [0.1, 0.15) is 0 Å². The van der Waals surface area contributed by atoms with Crippen molar-refractivity contribution in [2.24, 2.45) is 5.73 Å². The van der Waals surface area contributed by atoms with Crippen LogP contribution >= 0.6 is 11.6 Å². The van der Waals surface area contributed by atoms with Crippen molar-refractivity contribution in [3.05, 3.63) is 35.2 Å². The first-order valence-electron chi connectivity index (χ1n) is 5.74. The first-order chi connectivity index (χ1) is 9.19. The zero-order chi connectivity index (χ0) is 13.7. The van der Waals surface area contributed by atoms with Gasteiger partial charge in [-0.3, -0.25) is 4.79 Å². The first kappa shape index (κ1) is 13.5. The third-order valence-corrected chi connectivity index (χ3v) is 2.67. The number of amides is 1. The fraction of sp³-hybridized carbons (Fsp3) is 0.250. The maximum atomic E-state index is 10.9. The minimum atomic E-state index is -0.211. The molecule has 1 heterocycles. The van der Waals surface area contributed by atoms with Gasteiger partial charge in [-0.2, -0.15) is 4.98 Å². The van der Waals surface area contributed by atoms with E-state index in [0.29, 0.717) is 29.7 Å². The molecule has 100 valence electrons. The topological polar surface area (TPSA) is 94.0 Å². The Hall–Kier alpha value is -1.92. The van der Waals surface area contributed by atoms with E-state index in [-0.39, 0.29) is 12.5 Å². The molecule has 2 aromatic rings. The normalized spacial score (nSPS) is 10.4. The monoisotopic (exact) mass is 280 g/mol. The Morgan fingerprint density at radius 2 is 2.11 bits per heavy atom. The van der Waals surface area contributed by atoms with E-state index in [2.05, 4.69) is 15.5 Å². The summed E-state index contributed by atoms with van der Waals surface area (Å²) in [5.41, 5.74) is 5.99. The molecular weight excluding hydrogens is 268 g/mol. The molecule has 1 aromatic carbocycles. The summed E-state index contributed by atoms with van der Waals surface area (Å²) >= 11 is 5.80. The van der Waals surface area contributed by atoms with Gasteiger partial charge in [0.25, 0.3) is 0 Å². The van der Waals surface area contributed by atoms with Crippen LogP contribution in [-0.2, 0) is 11.2 Å². The van der Waals surface area contributed by atoms with Crippen molar-refractivity contribution in [2.45, 2.75) is 6.42 Å². The van der Waals surface area contributed by atoms with E-state index in [9.17, 15) is 4.79 Å². The number of aromatic nitrogens is 2. The van der Waals surface area contributed by atoms with Crippen LogP contribution in [-0.4, -0.2) is 29.1 Å². The van der Waals surface area contributed by atoms with Gasteiger partial charge in [-0.1, -0.05) is 16.8 Å². The van der Waals surface area contributed by atoms with Crippen molar-refractivity contribution in [1.29, 1.82) is 0 Å². The van der Waals surface area contributed by atoms with Crippen molar-refractivity contribution in [2.75, 3.05) is 13.1 Å². The Bertz CT molecular complexity index is 553. The van der Waals surface area contributed by atoms with Gasteiger partial charge in [0.2, 0.25) is 17.6 Å². The zero-order valence-corrected chi connectivity index (χ0v) is 10.9. The Morgan fingerprint density at radius 3 is 2.79 bits per heavy atom. The van der Waals surface area contributed by atoms with Crippen LogP contribution in [0.3, 0.4) is 0 Å². The predicted molar refractivity (Wildman–Crippen MR) is 70.5 cm³/mol. The van der Waals surface area contributed by atoms with Crippen molar-refractivity contribution < 1.29 is 9.32 Å². The maximum absolute atomic E-state index is 10.9. The first-order valence-corrected chi connectivity index (χ1v) is 6.12. The SMILES string of the molecule is NCC(=O)NCCc1nc(-c2ccc(Cl)cc2)no1. The average molecular weight is 281 g/mol. The highest BCUT2D eigenvalue weighted by Gasteiger charge is 2.08. The summed E-state index contributed by atoms with van der Waals surface area (Å²) in [7, 11) is 0. The van der Waals surface area contributed by atoms with Crippen molar-refractivity contribution >= 4 is 17.5 Å². The van der Waals surface area contributed by atoms with E-state index in [1.165, 1.54) is 0 Å². The van der Waals surface area contributed by atoms with Gasteiger partial charge in [-0.15, -0.1) is 0 Å². The molecule has 0 atom stereocenters. The summed E-state index contributed by atoms with van der Waals surface area (Å²) in [6.07, 6.45) is 0.465. The molecule has 0 unspecified atom stereocenters. The Balaban J connectivity index is 1.95. The fourth-order valence-corrected chi connectivity index (χ4v) is 1.58. The van der Waals surface area contributed by atoms with Gasteiger partial charge in [0, 0.05) is 23.6 Å². The van der Waals surface area contributed by atoms with E-state index in [1.54, 1.807) is 12.1 Å². The highest BCUT2D eigenvalue weighted by Crippen LogP contribution is 2.18. The van der Waals surface area contributed by atoms with Crippen molar-refractivity contribution in [1.82, 2.24) is 15.5 Å². The van der Waals surface area contributed by atoms with Crippen LogP contribution < -0.4 is 11.1 Å². The molecule has 6 nitrogen and oxygen atoms in total. The van der Waals surface area contributed by atoms with Crippen LogP contribution in [0.2, 0.25) is 5.02 Å². The second kappa shape index (κ2) is 6.31. The lowest BCUT2D eigenvalue weighted by Crippen LogP contribution is -2.31. The zero-order valence-electron chi connectivity index (χ0n) is 10.1. The molecule has 2 rings (SSSR count). The van der Waals surface area contributed by atoms with Gasteiger partial charge in [-0.25, -0.2) is 0 Å². The number of halogens is 1. The Labute approximate surface area is 114 Å². The second-order valence-electron chi connectivity index (χ2n) is 3.82. The van der Waals surface area contributed by atoms with Crippen LogP contribution in [0.4, 0.5) is 0 Å². The molecule has 3 N–H and O–H groups in total. The number of benzene rings is 1. The van der Waals surface area contributed by atoms with Gasteiger partial charge in [0.15, 0.2) is 0 Å². The van der Waals surface area contributed by atoms with E-state index in [4.69, 9.17) is 21.9 Å². The number of nitrogens with zero attached hydrogens (tertiary/aromatic N) is 2. The third kappa shape index (κ3) is 3.77. The molecule has 0 radical (unpaired) electrons. The number of nitrogens with one attached hydrogen (secondary N) is 1. The molecule has 0 aliphatic carbocycles. The van der Waals surface area contributed by atoms with Crippen LogP contribution in [0.25, 0.3) is 11.4 Å². The van der Waals surface area contributed by atoms with Crippen LogP contribution in [0.1, 0.15) is 5.89 Å². The summed E-state index contributed by atoms with van der Waals surface area (Å²) in [4.78, 5) is 15.2. The molecule has 0 bridgehead atoms. The number of carbonyl (C=O) groups is 1.